The van der Waals surface area contributed by atoms with Gasteiger partial charge in [-0.15, -0.1) is 0 Å². The first kappa shape index (κ1) is 10.0. The largest absolute Gasteiger partial charge is 0.480 e. The molecule has 0 fully saturated rings. The van der Waals surface area contributed by atoms with E-state index in [4.69, 9.17) is 10.8 Å². The van der Waals surface area contributed by atoms with E-state index in [9.17, 15) is 9.59 Å². The summed E-state index contributed by atoms with van der Waals surface area (Å²) in [5.41, 5.74) is 5.54. The van der Waals surface area contributed by atoms with Gasteiger partial charge in [0.1, 0.15) is 12.4 Å². The van der Waals surface area contributed by atoms with Crippen molar-refractivity contribution in [2.24, 2.45) is 7.05 Å². The van der Waals surface area contributed by atoms with Crippen LogP contribution in [0, 0.1) is 0 Å². The summed E-state index contributed by atoms with van der Waals surface area (Å²) in [7, 11) is 1.64. The molecular formula is C7H10N4O3. The Morgan fingerprint density at radius 3 is 2.79 bits per heavy atom. The van der Waals surface area contributed by atoms with Crippen LogP contribution in [0.4, 0.5) is 5.82 Å². The number of aryl methyl sites for hydroxylation is 1. The molecule has 0 saturated carbocycles. The molecule has 1 heterocycles. The number of carbonyl (C=O) groups excluding carboxylic acids is 1. The summed E-state index contributed by atoms with van der Waals surface area (Å²) in [5.74, 6) is -1.51. The van der Waals surface area contributed by atoms with E-state index < -0.39 is 18.4 Å². The second-order valence-corrected chi connectivity index (χ2v) is 2.67. The number of aliphatic carboxylic acids is 1. The highest BCUT2D eigenvalue weighted by atomic mass is 16.4. The standard InChI is InChI=1S/C7H10N4O3/c1-11-3-10-5(6(11)8)7(14)9-2-4(12)13/h3H,2,8H2,1H3,(H,9,14)(H,12,13). The van der Waals surface area contributed by atoms with Crippen molar-refractivity contribution in [1.82, 2.24) is 14.9 Å². The molecule has 0 bridgehead atoms. The van der Waals surface area contributed by atoms with Gasteiger partial charge in [-0.1, -0.05) is 0 Å². The maximum absolute atomic E-state index is 11.3. The fraction of sp³-hybridized carbons (Fsp3) is 0.286. The fourth-order valence-electron chi connectivity index (χ4n) is 0.854. The Kier molecular flexibility index (Phi) is 2.70. The number of nitrogen functional groups attached to an aromatic ring is 1. The Bertz CT molecular complexity index is 371. The number of carboxylic acid groups (broad SMARTS) is 1. The maximum Gasteiger partial charge on any atom is 0.322 e. The third kappa shape index (κ3) is 2.00. The normalized spacial score (nSPS) is 9.79. The number of amides is 1. The highest BCUT2D eigenvalue weighted by Crippen LogP contribution is 2.06. The van der Waals surface area contributed by atoms with Gasteiger partial charge in [-0.3, -0.25) is 9.59 Å². The van der Waals surface area contributed by atoms with Gasteiger partial charge in [-0.2, -0.15) is 0 Å². The molecule has 0 aromatic carbocycles. The van der Waals surface area contributed by atoms with Crippen LogP contribution in [0.2, 0.25) is 0 Å². The number of rotatable bonds is 3. The molecule has 0 aliphatic rings. The van der Waals surface area contributed by atoms with Crippen molar-refractivity contribution in [3.63, 3.8) is 0 Å². The molecule has 0 saturated heterocycles. The first-order valence-electron chi connectivity index (χ1n) is 3.79. The summed E-state index contributed by atoms with van der Waals surface area (Å²) in [6.45, 7) is -0.450. The van der Waals surface area contributed by atoms with Gasteiger partial charge in [0, 0.05) is 7.05 Å². The predicted octanol–water partition coefficient (Wildman–Crippen LogP) is -1.18. The highest BCUT2D eigenvalue weighted by molar-refractivity contribution is 5.97. The molecule has 1 aromatic heterocycles. The third-order valence-electron chi connectivity index (χ3n) is 1.60. The smallest absolute Gasteiger partial charge is 0.322 e. The Hall–Kier alpha value is -2.05. The van der Waals surface area contributed by atoms with E-state index in [1.54, 1.807) is 7.05 Å². The lowest BCUT2D eigenvalue weighted by Crippen LogP contribution is -2.30. The van der Waals surface area contributed by atoms with Crippen molar-refractivity contribution >= 4 is 17.7 Å². The van der Waals surface area contributed by atoms with Crippen molar-refractivity contribution < 1.29 is 14.7 Å². The van der Waals surface area contributed by atoms with E-state index in [1.807, 2.05) is 0 Å². The van der Waals surface area contributed by atoms with E-state index in [0.717, 1.165) is 0 Å². The highest BCUT2D eigenvalue weighted by Gasteiger charge is 2.14. The first-order chi connectivity index (χ1) is 6.52. The van der Waals surface area contributed by atoms with Crippen molar-refractivity contribution in [3.05, 3.63) is 12.0 Å². The molecule has 7 heteroatoms. The summed E-state index contributed by atoms with van der Waals surface area (Å²) in [6, 6.07) is 0. The Morgan fingerprint density at radius 1 is 1.71 bits per heavy atom. The van der Waals surface area contributed by atoms with E-state index in [2.05, 4.69) is 10.3 Å². The topological polar surface area (TPSA) is 110 Å². The SMILES string of the molecule is Cn1cnc(C(=O)NCC(=O)O)c1N. The lowest BCUT2D eigenvalue weighted by molar-refractivity contribution is -0.135. The molecular weight excluding hydrogens is 188 g/mol. The Morgan fingerprint density at radius 2 is 2.36 bits per heavy atom. The van der Waals surface area contributed by atoms with Gasteiger partial charge in [0.15, 0.2) is 5.69 Å². The second-order valence-electron chi connectivity index (χ2n) is 2.67. The van der Waals surface area contributed by atoms with Crippen LogP contribution in [0.15, 0.2) is 6.33 Å². The van der Waals surface area contributed by atoms with Gasteiger partial charge in [-0.05, 0) is 0 Å². The molecule has 4 N–H and O–H groups in total. The molecule has 0 radical (unpaired) electrons. The molecule has 0 spiro atoms. The minimum absolute atomic E-state index is 0.0359. The minimum Gasteiger partial charge on any atom is -0.480 e. The molecule has 1 amide bonds. The average Bonchev–Trinajstić information content (AvgIpc) is 2.44. The van der Waals surface area contributed by atoms with Gasteiger partial charge in [0.05, 0.1) is 6.33 Å². The Balaban J connectivity index is 2.70. The predicted molar refractivity (Wildman–Crippen MR) is 47.6 cm³/mol. The van der Waals surface area contributed by atoms with Gasteiger partial charge >= 0.3 is 5.97 Å². The van der Waals surface area contributed by atoms with Crippen molar-refractivity contribution in [3.8, 4) is 0 Å². The van der Waals surface area contributed by atoms with Crippen LogP contribution in [-0.2, 0) is 11.8 Å². The quantitative estimate of drug-likeness (QED) is 0.566. The zero-order valence-electron chi connectivity index (χ0n) is 7.52. The van der Waals surface area contributed by atoms with Crippen LogP contribution in [0.3, 0.4) is 0 Å². The molecule has 14 heavy (non-hydrogen) atoms. The lowest BCUT2D eigenvalue weighted by atomic mass is 10.4. The number of hydrogen-bond acceptors (Lipinski definition) is 4. The van der Waals surface area contributed by atoms with Gasteiger partial charge in [0.2, 0.25) is 0 Å². The van der Waals surface area contributed by atoms with E-state index in [1.165, 1.54) is 10.9 Å². The molecule has 76 valence electrons. The van der Waals surface area contributed by atoms with Gasteiger partial charge in [0.25, 0.3) is 5.91 Å². The Labute approximate surface area is 79.5 Å². The monoisotopic (exact) mass is 198 g/mol. The number of imidazole rings is 1. The molecule has 0 atom stereocenters. The molecule has 0 aliphatic carbocycles. The van der Waals surface area contributed by atoms with Crippen LogP contribution in [0.5, 0.6) is 0 Å². The van der Waals surface area contributed by atoms with Crippen molar-refractivity contribution in [1.29, 1.82) is 0 Å². The van der Waals surface area contributed by atoms with E-state index in [-0.39, 0.29) is 11.5 Å². The number of hydrogen-bond donors (Lipinski definition) is 3. The van der Waals surface area contributed by atoms with Crippen LogP contribution in [-0.4, -0.2) is 33.1 Å². The zero-order valence-corrected chi connectivity index (χ0v) is 7.52. The second kappa shape index (κ2) is 3.77. The lowest BCUT2D eigenvalue weighted by Gasteiger charge is -2.00. The van der Waals surface area contributed by atoms with E-state index >= 15 is 0 Å². The average molecular weight is 198 g/mol. The van der Waals surface area contributed by atoms with Crippen LogP contribution in [0.1, 0.15) is 10.5 Å². The van der Waals surface area contributed by atoms with Gasteiger partial charge < -0.3 is 20.7 Å². The number of nitrogens with zero attached hydrogens (tertiary/aromatic N) is 2. The van der Waals surface area contributed by atoms with Crippen LogP contribution < -0.4 is 11.1 Å². The number of nitrogens with two attached hydrogens (primary N) is 1. The number of carbonyl (C=O) groups is 2. The molecule has 1 aromatic rings. The van der Waals surface area contributed by atoms with E-state index in [0.29, 0.717) is 0 Å². The van der Waals surface area contributed by atoms with Crippen molar-refractivity contribution in [2.75, 3.05) is 12.3 Å². The summed E-state index contributed by atoms with van der Waals surface area (Å²) >= 11 is 0. The summed E-state index contributed by atoms with van der Waals surface area (Å²) < 4.78 is 1.47. The number of anilines is 1. The number of carboxylic acids is 1. The fourth-order valence-corrected chi connectivity index (χ4v) is 0.854. The summed E-state index contributed by atoms with van der Waals surface area (Å²) in [5, 5.41) is 10.5. The molecule has 0 aliphatic heterocycles. The summed E-state index contributed by atoms with van der Waals surface area (Å²) in [4.78, 5) is 25.1. The zero-order chi connectivity index (χ0) is 10.7. The van der Waals surface area contributed by atoms with Crippen molar-refractivity contribution in [2.45, 2.75) is 0 Å². The first-order valence-corrected chi connectivity index (χ1v) is 3.79. The van der Waals surface area contributed by atoms with Crippen LogP contribution in [0.25, 0.3) is 0 Å². The minimum atomic E-state index is -1.12. The van der Waals surface area contributed by atoms with Crippen LogP contribution >= 0.6 is 0 Å². The van der Waals surface area contributed by atoms with Gasteiger partial charge in [-0.25, -0.2) is 4.98 Å². The number of aromatic nitrogens is 2. The third-order valence-corrected chi connectivity index (χ3v) is 1.60. The molecule has 1 rings (SSSR count). The maximum atomic E-state index is 11.3. The molecule has 7 nitrogen and oxygen atoms in total. The summed E-state index contributed by atoms with van der Waals surface area (Å²) in [6.07, 6.45) is 1.38. The molecule has 0 unspecified atom stereocenters. The number of nitrogens with one attached hydrogen (secondary N) is 1.